The lowest BCUT2D eigenvalue weighted by molar-refractivity contribution is 0.135. The Hall–Kier alpha value is -1.85. The predicted octanol–water partition coefficient (Wildman–Crippen LogP) is 2.78. The van der Waals surface area contributed by atoms with Crippen molar-refractivity contribution in [2.75, 3.05) is 26.2 Å². The Bertz CT molecular complexity index is 577. The van der Waals surface area contributed by atoms with Crippen molar-refractivity contribution in [1.29, 1.82) is 0 Å². The third-order valence-electron chi connectivity index (χ3n) is 3.93. The Kier molecular flexibility index (Phi) is 5.08. The molecule has 1 aromatic carbocycles. The summed E-state index contributed by atoms with van der Waals surface area (Å²) in [5.41, 5.74) is 2.50. The summed E-state index contributed by atoms with van der Waals surface area (Å²) in [5.74, 6) is 0. The second-order valence-electron chi connectivity index (χ2n) is 5.54. The minimum absolute atomic E-state index is 0.0408. The van der Waals surface area contributed by atoms with E-state index < -0.39 is 0 Å². The maximum atomic E-state index is 12.2. The minimum atomic E-state index is 0.0408. The quantitative estimate of drug-likeness (QED) is 0.942. The molecule has 4 nitrogen and oxygen atoms in total. The number of nitrogens with zero attached hydrogens (tertiary/aromatic N) is 2. The van der Waals surface area contributed by atoms with E-state index in [1.165, 1.54) is 5.56 Å². The Labute approximate surface area is 135 Å². The van der Waals surface area contributed by atoms with Gasteiger partial charge in [0.05, 0.1) is 0 Å². The zero-order valence-corrected chi connectivity index (χ0v) is 13.4. The van der Waals surface area contributed by atoms with Crippen molar-refractivity contribution in [3.8, 4) is 0 Å². The minimum Gasteiger partial charge on any atom is -0.334 e. The van der Waals surface area contributed by atoms with Crippen LogP contribution in [0.5, 0.6) is 0 Å². The molecular formula is C17H21N3OS. The fraction of sp³-hybridized carbons (Fsp3) is 0.353. The molecular weight excluding hydrogens is 294 g/mol. The zero-order chi connectivity index (χ0) is 15.2. The zero-order valence-electron chi connectivity index (χ0n) is 12.6. The molecule has 2 aromatic rings. The van der Waals surface area contributed by atoms with Gasteiger partial charge in [-0.3, -0.25) is 4.90 Å². The predicted molar refractivity (Wildman–Crippen MR) is 89.8 cm³/mol. The molecule has 1 aliphatic rings. The highest BCUT2D eigenvalue weighted by molar-refractivity contribution is 7.07. The molecule has 0 saturated carbocycles. The number of hydrogen-bond acceptors (Lipinski definition) is 3. The topological polar surface area (TPSA) is 35.6 Å². The SMILES string of the molecule is O=C(NCc1ccccc1)N1CCN(Cc2ccsc2)CC1. The number of nitrogens with one attached hydrogen (secondary N) is 1. The highest BCUT2D eigenvalue weighted by Gasteiger charge is 2.20. The fourth-order valence-electron chi connectivity index (χ4n) is 2.64. The van der Waals surface area contributed by atoms with Crippen molar-refractivity contribution in [2.24, 2.45) is 0 Å². The number of benzene rings is 1. The summed E-state index contributed by atoms with van der Waals surface area (Å²) in [6.45, 7) is 5.05. The van der Waals surface area contributed by atoms with Crippen LogP contribution >= 0.6 is 11.3 Å². The van der Waals surface area contributed by atoms with Gasteiger partial charge >= 0.3 is 6.03 Å². The van der Waals surface area contributed by atoms with Crippen LogP contribution in [0.15, 0.2) is 47.2 Å². The molecule has 0 unspecified atom stereocenters. The molecule has 0 radical (unpaired) electrons. The number of carbonyl (C=O) groups excluding carboxylic acids is 1. The van der Waals surface area contributed by atoms with E-state index in [9.17, 15) is 4.79 Å². The fourth-order valence-corrected chi connectivity index (χ4v) is 3.30. The number of amides is 2. The van der Waals surface area contributed by atoms with Gasteiger partial charge in [0.15, 0.2) is 0 Å². The first-order chi connectivity index (χ1) is 10.8. The Balaban J connectivity index is 1.42. The Morgan fingerprint density at radius 1 is 1.05 bits per heavy atom. The van der Waals surface area contributed by atoms with Gasteiger partial charge in [0.25, 0.3) is 0 Å². The molecule has 0 atom stereocenters. The molecule has 2 heterocycles. The van der Waals surface area contributed by atoms with Gasteiger partial charge in [-0.05, 0) is 28.0 Å². The highest BCUT2D eigenvalue weighted by atomic mass is 32.1. The first-order valence-corrected chi connectivity index (χ1v) is 8.56. The molecule has 1 saturated heterocycles. The van der Waals surface area contributed by atoms with E-state index in [1.54, 1.807) is 11.3 Å². The molecule has 3 rings (SSSR count). The highest BCUT2D eigenvalue weighted by Crippen LogP contribution is 2.11. The van der Waals surface area contributed by atoms with Gasteiger partial charge in [0, 0.05) is 39.3 Å². The van der Waals surface area contributed by atoms with Gasteiger partial charge in [-0.2, -0.15) is 11.3 Å². The van der Waals surface area contributed by atoms with Crippen molar-refractivity contribution >= 4 is 17.4 Å². The van der Waals surface area contributed by atoms with Crippen LogP contribution in [0.2, 0.25) is 0 Å². The van der Waals surface area contributed by atoms with E-state index in [1.807, 2.05) is 35.2 Å². The number of rotatable bonds is 4. The molecule has 0 spiro atoms. The number of carbonyl (C=O) groups is 1. The van der Waals surface area contributed by atoms with Crippen molar-refractivity contribution in [1.82, 2.24) is 15.1 Å². The second-order valence-corrected chi connectivity index (χ2v) is 6.32. The average Bonchev–Trinajstić information content (AvgIpc) is 3.07. The molecule has 5 heteroatoms. The molecule has 22 heavy (non-hydrogen) atoms. The lowest BCUT2D eigenvalue weighted by Crippen LogP contribution is -2.51. The van der Waals surface area contributed by atoms with Crippen LogP contribution in [0.4, 0.5) is 4.79 Å². The summed E-state index contributed by atoms with van der Waals surface area (Å²) < 4.78 is 0. The van der Waals surface area contributed by atoms with Gasteiger partial charge in [-0.25, -0.2) is 4.79 Å². The molecule has 0 bridgehead atoms. The molecule has 1 fully saturated rings. The largest absolute Gasteiger partial charge is 0.334 e. The van der Waals surface area contributed by atoms with Crippen molar-refractivity contribution < 1.29 is 4.79 Å². The molecule has 2 amide bonds. The smallest absolute Gasteiger partial charge is 0.317 e. The van der Waals surface area contributed by atoms with Crippen LogP contribution in [0.1, 0.15) is 11.1 Å². The molecule has 116 valence electrons. The monoisotopic (exact) mass is 315 g/mol. The van der Waals surface area contributed by atoms with E-state index >= 15 is 0 Å². The molecule has 1 aliphatic heterocycles. The number of hydrogen-bond donors (Lipinski definition) is 1. The van der Waals surface area contributed by atoms with Crippen LogP contribution in [0.25, 0.3) is 0 Å². The lowest BCUT2D eigenvalue weighted by Gasteiger charge is -2.34. The molecule has 0 aliphatic carbocycles. The van der Waals surface area contributed by atoms with E-state index in [4.69, 9.17) is 0 Å². The summed E-state index contributed by atoms with van der Waals surface area (Å²) in [5, 5.41) is 7.31. The maximum Gasteiger partial charge on any atom is 0.317 e. The number of urea groups is 1. The van der Waals surface area contributed by atoms with E-state index in [-0.39, 0.29) is 6.03 Å². The summed E-state index contributed by atoms with van der Waals surface area (Å²) in [6.07, 6.45) is 0. The van der Waals surface area contributed by atoms with Crippen LogP contribution in [-0.4, -0.2) is 42.0 Å². The van der Waals surface area contributed by atoms with E-state index in [2.05, 4.69) is 27.0 Å². The van der Waals surface area contributed by atoms with Crippen LogP contribution in [0, 0.1) is 0 Å². The summed E-state index contributed by atoms with van der Waals surface area (Å²) in [4.78, 5) is 16.5. The van der Waals surface area contributed by atoms with Crippen LogP contribution in [-0.2, 0) is 13.1 Å². The van der Waals surface area contributed by atoms with E-state index in [0.717, 1.165) is 38.3 Å². The Morgan fingerprint density at radius 2 is 1.82 bits per heavy atom. The first kappa shape index (κ1) is 15.1. The van der Waals surface area contributed by atoms with Crippen molar-refractivity contribution in [2.45, 2.75) is 13.1 Å². The molecule has 1 N–H and O–H groups in total. The van der Waals surface area contributed by atoms with Crippen molar-refractivity contribution in [3.05, 3.63) is 58.3 Å². The standard InChI is InChI=1S/C17H21N3OS/c21-17(18-12-15-4-2-1-3-5-15)20-9-7-19(8-10-20)13-16-6-11-22-14-16/h1-6,11,14H,7-10,12-13H2,(H,18,21). The van der Waals surface area contributed by atoms with Gasteiger partial charge in [0.1, 0.15) is 0 Å². The molecule has 1 aromatic heterocycles. The third kappa shape index (κ3) is 4.08. The lowest BCUT2D eigenvalue weighted by atomic mass is 10.2. The van der Waals surface area contributed by atoms with Crippen LogP contribution in [0.3, 0.4) is 0 Å². The van der Waals surface area contributed by atoms with E-state index in [0.29, 0.717) is 6.54 Å². The maximum absolute atomic E-state index is 12.2. The van der Waals surface area contributed by atoms with Gasteiger partial charge < -0.3 is 10.2 Å². The normalized spacial score (nSPS) is 15.7. The average molecular weight is 315 g/mol. The van der Waals surface area contributed by atoms with Gasteiger partial charge in [0.2, 0.25) is 0 Å². The van der Waals surface area contributed by atoms with Gasteiger partial charge in [-0.15, -0.1) is 0 Å². The number of piperazine rings is 1. The summed E-state index contributed by atoms with van der Waals surface area (Å²) >= 11 is 1.74. The second kappa shape index (κ2) is 7.42. The first-order valence-electron chi connectivity index (χ1n) is 7.61. The third-order valence-corrected chi connectivity index (χ3v) is 4.66. The summed E-state index contributed by atoms with van der Waals surface area (Å²) in [6, 6.07) is 12.2. The van der Waals surface area contributed by atoms with Crippen LogP contribution < -0.4 is 5.32 Å². The Morgan fingerprint density at radius 3 is 2.50 bits per heavy atom. The van der Waals surface area contributed by atoms with Crippen molar-refractivity contribution in [3.63, 3.8) is 0 Å². The summed E-state index contributed by atoms with van der Waals surface area (Å²) in [7, 11) is 0. The number of thiophene rings is 1. The van der Waals surface area contributed by atoms with Gasteiger partial charge in [-0.1, -0.05) is 30.3 Å².